The number of methoxy groups -OCH3 is 1. The van der Waals surface area contributed by atoms with Crippen LogP contribution in [0.1, 0.15) is 66.9 Å². The average Bonchev–Trinajstić information content (AvgIpc) is 2.75. The first-order valence-corrected chi connectivity index (χ1v) is 15.7. The van der Waals surface area contributed by atoms with Gasteiger partial charge < -0.3 is 13.9 Å². The van der Waals surface area contributed by atoms with E-state index in [1.165, 1.54) is 5.57 Å². The number of Topliss-reactive ketones (excluding diaryl/α,β-unsaturated/α-hetero) is 1. The molecule has 0 N–H and O–H groups in total. The van der Waals surface area contributed by atoms with Gasteiger partial charge in [-0.15, -0.1) is 0 Å². The van der Waals surface area contributed by atoms with Gasteiger partial charge in [-0.1, -0.05) is 58.4 Å². The molecular formula is C29H48O4Si. The molecule has 0 saturated heterocycles. The van der Waals surface area contributed by atoms with Crippen molar-refractivity contribution in [2.75, 3.05) is 13.7 Å². The van der Waals surface area contributed by atoms with Crippen molar-refractivity contribution < 1.29 is 18.7 Å². The van der Waals surface area contributed by atoms with Gasteiger partial charge in [0.05, 0.1) is 13.7 Å². The maximum Gasteiger partial charge on any atom is 0.191 e. The van der Waals surface area contributed by atoms with Gasteiger partial charge in [-0.3, -0.25) is 4.79 Å². The molecule has 0 bridgehead atoms. The lowest BCUT2D eigenvalue weighted by molar-refractivity contribution is -0.130. The van der Waals surface area contributed by atoms with Gasteiger partial charge in [0.1, 0.15) is 11.9 Å². The van der Waals surface area contributed by atoms with Gasteiger partial charge in [-0.25, -0.2) is 0 Å². The molecule has 0 unspecified atom stereocenters. The molecule has 34 heavy (non-hydrogen) atoms. The summed E-state index contributed by atoms with van der Waals surface area (Å²) in [7, 11) is -0.202. The Morgan fingerprint density at radius 2 is 1.76 bits per heavy atom. The van der Waals surface area contributed by atoms with E-state index in [0.717, 1.165) is 24.3 Å². The van der Waals surface area contributed by atoms with Crippen LogP contribution in [0.2, 0.25) is 18.1 Å². The van der Waals surface area contributed by atoms with Crippen LogP contribution in [0.5, 0.6) is 5.75 Å². The van der Waals surface area contributed by atoms with Crippen molar-refractivity contribution >= 4 is 14.1 Å². The van der Waals surface area contributed by atoms with Crippen LogP contribution >= 0.6 is 0 Å². The van der Waals surface area contributed by atoms with E-state index in [0.29, 0.717) is 30.8 Å². The summed E-state index contributed by atoms with van der Waals surface area (Å²) in [4.78, 5) is 12.6. The third kappa shape index (κ3) is 7.53. The maximum atomic E-state index is 12.6. The Balaban J connectivity index is 2.20. The van der Waals surface area contributed by atoms with Crippen molar-refractivity contribution in [2.45, 2.75) is 92.2 Å². The van der Waals surface area contributed by atoms with Gasteiger partial charge in [-0.05, 0) is 86.2 Å². The second-order valence-corrected chi connectivity index (χ2v) is 16.7. The minimum Gasteiger partial charge on any atom is -0.497 e. The Labute approximate surface area is 209 Å². The SMILES string of the molecule is COc1ccc(CO[C@@H](C[C@H]2C(C)=CC[C@H](C(C)C)[C@H]2CO[Si](C)(C)C(C)(C)C)C(C)=O)cc1. The molecule has 1 aliphatic rings. The Bertz CT molecular complexity index is 820. The second-order valence-electron chi connectivity index (χ2n) is 11.9. The average molecular weight is 489 g/mol. The largest absolute Gasteiger partial charge is 0.497 e. The summed E-state index contributed by atoms with van der Waals surface area (Å²) in [5.41, 5.74) is 2.42. The zero-order chi connectivity index (χ0) is 25.7. The van der Waals surface area contributed by atoms with Crippen molar-refractivity contribution in [3.8, 4) is 5.75 Å². The van der Waals surface area contributed by atoms with E-state index < -0.39 is 14.4 Å². The van der Waals surface area contributed by atoms with Crippen LogP contribution < -0.4 is 4.74 Å². The van der Waals surface area contributed by atoms with E-state index in [9.17, 15) is 4.79 Å². The van der Waals surface area contributed by atoms with Gasteiger partial charge in [-0.2, -0.15) is 0 Å². The third-order valence-electron chi connectivity index (χ3n) is 8.19. The number of ketones is 1. The molecule has 0 saturated carbocycles. The van der Waals surface area contributed by atoms with E-state index in [1.807, 2.05) is 24.3 Å². The summed E-state index contributed by atoms with van der Waals surface area (Å²) in [6.45, 7) is 21.2. The molecule has 0 fully saturated rings. The third-order valence-corrected chi connectivity index (χ3v) is 12.7. The highest BCUT2D eigenvalue weighted by Gasteiger charge is 2.41. The van der Waals surface area contributed by atoms with Crippen LogP contribution in [-0.2, 0) is 20.6 Å². The summed E-state index contributed by atoms with van der Waals surface area (Å²) >= 11 is 0. The Hall–Kier alpha value is -1.43. The second kappa shape index (κ2) is 12.0. The minimum absolute atomic E-state index is 0.0945. The summed E-state index contributed by atoms with van der Waals surface area (Å²) in [6, 6.07) is 7.84. The molecular weight excluding hydrogens is 440 g/mol. The number of ether oxygens (including phenoxy) is 2. The van der Waals surface area contributed by atoms with Crippen LogP contribution in [-0.4, -0.2) is 33.9 Å². The number of hydrogen-bond donors (Lipinski definition) is 0. The fourth-order valence-electron chi connectivity index (χ4n) is 4.67. The highest BCUT2D eigenvalue weighted by atomic mass is 28.4. The predicted molar refractivity (Wildman–Crippen MR) is 144 cm³/mol. The quantitative estimate of drug-likeness (QED) is 0.240. The molecule has 0 spiro atoms. The van der Waals surface area contributed by atoms with Crippen molar-refractivity contribution in [3.63, 3.8) is 0 Å². The molecule has 0 aliphatic heterocycles. The maximum absolute atomic E-state index is 12.6. The molecule has 0 radical (unpaired) electrons. The molecule has 4 atom stereocenters. The molecule has 2 rings (SSSR count). The molecule has 1 aliphatic carbocycles. The Morgan fingerprint density at radius 3 is 2.26 bits per heavy atom. The van der Waals surface area contributed by atoms with Gasteiger partial charge >= 0.3 is 0 Å². The highest BCUT2D eigenvalue weighted by molar-refractivity contribution is 6.74. The summed E-state index contributed by atoms with van der Waals surface area (Å²) in [5.74, 6) is 2.71. The predicted octanol–water partition coefficient (Wildman–Crippen LogP) is 7.44. The van der Waals surface area contributed by atoms with Crippen LogP contribution in [0.3, 0.4) is 0 Å². The van der Waals surface area contributed by atoms with Crippen molar-refractivity contribution in [1.29, 1.82) is 0 Å². The molecule has 4 nitrogen and oxygen atoms in total. The van der Waals surface area contributed by atoms with Crippen molar-refractivity contribution in [2.24, 2.45) is 23.7 Å². The standard InChI is InChI=1S/C29H48O4Si/c1-20(2)25-16-11-21(3)26(27(25)19-33-34(9,10)29(5,6)7)17-28(22(4)30)32-18-23-12-14-24(31-8)15-13-23/h11-15,20,25-28H,16-19H2,1-10H3/t25-,26+,27-,28+/m1/s1. The number of rotatable bonds is 11. The van der Waals surface area contributed by atoms with E-state index in [-0.39, 0.29) is 16.7 Å². The molecule has 1 aromatic carbocycles. The molecule has 0 heterocycles. The first-order chi connectivity index (χ1) is 15.8. The lowest BCUT2D eigenvalue weighted by Gasteiger charge is -2.44. The minimum atomic E-state index is -1.86. The Kier molecular flexibility index (Phi) is 10.2. The van der Waals surface area contributed by atoms with Crippen LogP contribution in [0.15, 0.2) is 35.9 Å². The zero-order valence-electron chi connectivity index (χ0n) is 23.2. The molecule has 1 aromatic rings. The molecule has 5 heteroatoms. The zero-order valence-corrected chi connectivity index (χ0v) is 24.2. The number of hydrogen-bond acceptors (Lipinski definition) is 4. The van der Waals surface area contributed by atoms with Crippen molar-refractivity contribution in [3.05, 3.63) is 41.5 Å². The van der Waals surface area contributed by atoms with Crippen LogP contribution in [0, 0.1) is 23.7 Å². The number of carbonyl (C=O) groups is 1. The fourth-order valence-corrected chi connectivity index (χ4v) is 5.71. The fraction of sp³-hybridized carbons (Fsp3) is 0.690. The highest BCUT2D eigenvalue weighted by Crippen LogP contribution is 2.44. The smallest absolute Gasteiger partial charge is 0.191 e. The summed E-state index contributed by atoms with van der Waals surface area (Å²) in [5, 5.41) is 0.179. The van der Waals surface area contributed by atoms with Crippen molar-refractivity contribution in [1.82, 2.24) is 0 Å². The lowest BCUT2D eigenvalue weighted by atomic mass is 9.67. The van der Waals surface area contributed by atoms with Gasteiger partial charge in [0.25, 0.3) is 0 Å². The first-order valence-electron chi connectivity index (χ1n) is 12.8. The van der Waals surface area contributed by atoms with Gasteiger partial charge in [0.15, 0.2) is 14.1 Å². The normalized spacial score (nSPS) is 22.4. The first kappa shape index (κ1) is 28.8. The molecule has 192 valence electrons. The Morgan fingerprint density at radius 1 is 1.15 bits per heavy atom. The topological polar surface area (TPSA) is 44.8 Å². The molecule has 0 aromatic heterocycles. The summed E-state index contributed by atoms with van der Waals surface area (Å²) < 4.78 is 18.2. The van der Waals surface area contributed by atoms with Gasteiger partial charge in [0, 0.05) is 6.61 Å². The van der Waals surface area contributed by atoms with E-state index in [2.05, 4.69) is 60.7 Å². The van der Waals surface area contributed by atoms with E-state index in [1.54, 1.807) is 14.0 Å². The monoisotopic (exact) mass is 488 g/mol. The number of allylic oxidation sites excluding steroid dienone is 2. The van der Waals surface area contributed by atoms with E-state index >= 15 is 0 Å². The number of carbonyl (C=O) groups excluding carboxylic acids is 1. The summed E-state index contributed by atoms with van der Waals surface area (Å²) in [6.07, 6.45) is 3.77. The van der Waals surface area contributed by atoms with E-state index in [4.69, 9.17) is 13.9 Å². The molecule has 0 amide bonds. The van der Waals surface area contributed by atoms with Gasteiger partial charge in [0.2, 0.25) is 0 Å². The lowest BCUT2D eigenvalue weighted by Crippen LogP contribution is -2.45. The number of benzene rings is 1. The van der Waals surface area contributed by atoms with Crippen LogP contribution in [0.4, 0.5) is 0 Å². The van der Waals surface area contributed by atoms with Crippen LogP contribution in [0.25, 0.3) is 0 Å².